The Bertz CT molecular complexity index is 688. The summed E-state index contributed by atoms with van der Waals surface area (Å²) in [7, 11) is 0. The molecule has 0 saturated heterocycles. The van der Waals surface area contributed by atoms with Crippen LogP contribution in [0.3, 0.4) is 0 Å². The average molecular weight is 427 g/mol. The Morgan fingerprint density at radius 1 is 1.16 bits per heavy atom. The van der Waals surface area contributed by atoms with E-state index in [1.807, 2.05) is 18.5 Å². The van der Waals surface area contributed by atoms with E-state index in [1.165, 1.54) is 44.1 Å². The van der Waals surface area contributed by atoms with Gasteiger partial charge in [0.15, 0.2) is 0 Å². The molecule has 0 spiro atoms. The van der Waals surface area contributed by atoms with Crippen LogP contribution in [-0.4, -0.2) is 33.9 Å². The van der Waals surface area contributed by atoms with Gasteiger partial charge in [-0.25, -0.2) is 0 Å². The van der Waals surface area contributed by atoms with Gasteiger partial charge >= 0.3 is 0 Å². The standard InChI is InChI=1S/C27H42N2O2/c1-2-3-5-9-24(30)10-11-25-26-18-22(17-23(26)19-27(25)31)8-6-4-7-14-29-20-21-12-15-28-16-13-21/h10-13,15-17,23-27,29-31H,2-9,14,18-20H2,1H3/t23-,24-,25+,26-,27+/m0/s1. The van der Waals surface area contributed by atoms with E-state index in [0.29, 0.717) is 11.8 Å². The predicted molar refractivity (Wildman–Crippen MR) is 127 cm³/mol. The van der Waals surface area contributed by atoms with Crippen LogP contribution in [0.25, 0.3) is 0 Å². The second kappa shape index (κ2) is 13.1. The smallest absolute Gasteiger partial charge is 0.0721 e. The van der Waals surface area contributed by atoms with Gasteiger partial charge in [0.05, 0.1) is 12.2 Å². The van der Waals surface area contributed by atoms with Gasteiger partial charge in [-0.15, -0.1) is 0 Å². The van der Waals surface area contributed by atoms with E-state index in [-0.39, 0.29) is 18.1 Å². The minimum Gasteiger partial charge on any atom is -0.392 e. The van der Waals surface area contributed by atoms with Crippen LogP contribution >= 0.6 is 0 Å². The molecule has 0 unspecified atom stereocenters. The van der Waals surface area contributed by atoms with Crippen molar-refractivity contribution >= 4 is 0 Å². The Morgan fingerprint density at radius 2 is 2.00 bits per heavy atom. The minimum atomic E-state index is -0.362. The number of hydrogen-bond donors (Lipinski definition) is 3. The van der Waals surface area contributed by atoms with Crippen LogP contribution < -0.4 is 5.32 Å². The van der Waals surface area contributed by atoms with Gasteiger partial charge in [-0.3, -0.25) is 4.98 Å². The summed E-state index contributed by atoms with van der Waals surface area (Å²) in [6.45, 7) is 4.16. The van der Waals surface area contributed by atoms with Crippen LogP contribution in [0.2, 0.25) is 0 Å². The maximum atomic E-state index is 10.5. The third kappa shape index (κ3) is 7.85. The summed E-state index contributed by atoms with van der Waals surface area (Å²) in [5, 5.41) is 24.2. The Balaban J connectivity index is 1.31. The van der Waals surface area contributed by atoms with E-state index in [2.05, 4.69) is 41.5 Å². The molecule has 0 radical (unpaired) electrons. The second-order valence-corrected chi connectivity index (χ2v) is 9.53. The van der Waals surface area contributed by atoms with Crippen LogP contribution in [0.1, 0.15) is 76.7 Å². The summed E-state index contributed by atoms with van der Waals surface area (Å²) in [5.41, 5.74) is 2.88. The molecule has 1 fully saturated rings. The van der Waals surface area contributed by atoms with Gasteiger partial charge in [-0.05, 0) is 74.6 Å². The number of unbranched alkanes of at least 4 members (excludes halogenated alkanes) is 4. The normalized spacial score (nSPS) is 26.4. The maximum Gasteiger partial charge on any atom is 0.0721 e. The fourth-order valence-corrected chi connectivity index (χ4v) is 5.26. The second-order valence-electron chi connectivity index (χ2n) is 9.53. The average Bonchev–Trinajstić information content (AvgIpc) is 3.28. The van der Waals surface area contributed by atoms with Crippen LogP contribution in [0.15, 0.2) is 48.3 Å². The third-order valence-electron chi connectivity index (χ3n) is 7.04. The summed E-state index contributed by atoms with van der Waals surface area (Å²) in [6, 6.07) is 4.12. The Morgan fingerprint density at radius 3 is 2.81 bits per heavy atom. The lowest BCUT2D eigenvalue weighted by atomic mass is 9.88. The van der Waals surface area contributed by atoms with Crippen LogP contribution in [0, 0.1) is 17.8 Å². The number of fused-ring (bicyclic) bond motifs is 1. The van der Waals surface area contributed by atoms with E-state index < -0.39 is 0 Å². The summed E-state index contributed by atoms with van der Waals surface area (Å²) < 4.78 is 0. The molecule has 4 nitrogen and oxygen atoms in total. The Labute approximate surface area is 188 Å². The molecule has 31 heavy (non-hydrogen) atoms. The zero-order valence-electron chi connectivity index (χ0n) is 19.3. The molecule has 0 bridgehead atoms. The molecule has 1 heterocycles. The molecule has 172 valence electrons. The summed E-state index contributed by atoms with van der Waals surface area (Å²) in [4.78, 5) is 4.05. The number of aliphatic hydroxyl groups excluding tert-OH is 2. The SMILES string of the molecule is CCCCC[C@H](O)C=C[C@@H]1[C@H]2CC(CCCCCNCc3ccncc3)=C[C@H]2C[C@H]1O. The van der Waals surface area contributed by atoms with Crippen molar-refractivity contribution in [3.8, 4) is 0 Å². The van der Waals surface area contributed by atoms with Gasteiger partial charge in [0.25, 0.3) is 0 Å². The molecular weight excluding hydrogens is 384 g/mol. The molecule has 2 aliphatic rings. The summed E-state index contributed by atoms with van der Waals surface area (Å²) in [5.74, 6) is 1.27. The van der Waals surface area contributed by atoms with Crippen molar-refractivity contribution in [1.82, 2.24) is 10.3 Å². The van der Waals surface area contributed by atoms with Crippen molar-refractivity contribution in [2.45, 2.75) is 89.9 Å². The number of aliphatic hydroxyl groups is 2. The number of rotatable bonds is 14. The van der Waals surface area contributed by atoms with Crippen molar-refractivity contribution in [3.05, 3.63) is 53.9 Å². The first-order valence-corrected chi connectivity index (χ1v) is 12.5. The number of pyridine rings is 1. The van der Waals surface area contributed by atoms with E-state index in [1.54, 1.807) is 5.57 Å². The first kappa shape index (κ1) is 24.2. The number of hydrogen-bond acceptors (Lipinski definition) is 4. The van der Waals surface area contributed by atoms with Crippen LogP contribution in [0.5, 0.6) is 0 Å². The van der Waals surface area contributed by atoms with Crippen molar-refractivity contribution in [2.24, 2.45) is 17.8 Å². The van der Waals surface area contributed by atoms with Crippen molar-refractivity contribution < 1.29 is 10.2 Å². The molecule has 0 aliphatic heterocycles. The van der Waals surface area contributed by atoms with E-state index in [9.17, 15) is 10.2 Å². The number of allylic oxidation sites excluding steroid dienone is 2. The van der Waals surface area contributed by atoms with Gasteiger partial charge in [-0.2, -0.15) is 0 Å². The van der Waals surface area contributed by atoms with Gasteiger partial charge in [0, 0.05) is 24.9 Å². The largest absolute Gasteiger partial charge is 0.392 e. The maximum absolute atomic E-state index is 10.5. The Kier molecular flexibility index (Phi) is 10.2. The van der Waals surface area contributed by atoms with Crippen molar-refractivity contribution in [2.75, 3.05) is 6.54 Å². The monoisotopic (exact) mass is 426 g/mol. The van der Waals surface area contributed by atoms with Gasteiger partial charge in [-0.1, -0.05) is 56.4 Å². The quantitative estimate of drug-likeness (QED) is 0.284. The van der Waals surface area contributed by atoms with Gasteiger partial charge in [0.2, 0.25) is 0 Å². The van der Waals surface area contributed by atoms with E-state index in [0.717, 1.165) is 38.8 Å². The zero-order chi connectivity index (χ0) is 21.9. The highest BCUT2D eigenvalue weighted by Crippen LogP contribution is 2.48. The number of nitrogens with one attached hydrogen (secondary N) is 1. The molecule has 3 rings (SSSR count). The summed E-state index contributed by atoms with van der Waals surface area (Å²) >= 11 is 0. The molecule has 2 aliphatic carbocycles. The summed E-state index contributed by atoms with van der Waals surface area (Å²) in [6.07, 6.45) is 20.8. The van der Waals surface area contributed by atoms with Gasteiger partial charge in [0.1, 0.15) is 0 Å². The van der Waals surface area contributed by atoms with Gasteiger partial charge < -0.3 is 15.5 Å². The lowest BCUT2D eigenvalue weighted by molar-refractivity contribution is 0.139. The highest BCUT2D eigenvalue weighted by molar-refractivity contribution is 5.21. The predicted octanol–water partition coefficient (Wildman–Crippen LogP) is 5.17. The first-order valence-electron chi connectivity index (χ1n) is 12.5. The lowest BCUT2D eigenvalue weighted by Crippen LogP contribution is -2.18. The zero-order valence-corrected chi connectivity index (χ0v) is 19.3. The molecule has 3 N–H and O–H groups in total. The van der Waals surface area contributed by atoms with Crippen LogP contribution in [0.4, 0.5) is 0 Å². The highest BCUT2D eigenvalue weighted by atomic mass is 16.3. The molecule has 4 heteroatoms. The fraction of sp³-hybridized carbons (Fsp3) is 0.667. The number of nitrogens with zero attached hydrogens (tertiary/aromatic N) is 1. The molecule has 1 aromatic heterocycles. The molecule has 1 saturated carbocycles. The molecule has 1 aromatic rings. The van der Waals surface area contributed by atoms with Crippen LogP contribution in [-0.2, 0) is 6.54 Å². The fourth-order valence-electron chi connectivity index (χ4n) is 5.26. The molecular formula is C27H42N2O2. The molecule has 5 atom stereocenters. The van der Waals surface area contributed by atoms with Crippen molar-refractivity contribution in [1.29, 1.82) is 0 Å². The number of aromatic nitrogens is 1. The van der Waals surface area contributed by atoms with E-state index in [4.69, 9.17) is 0 Å². The third-order valence-corrected chi connectivity index (χ3v) is 7.04. The highest BCUT2D eigenvalue weighted by Gasteiger charge is 2.43. The first-order chi connectivity index (χ1) is 15.2. The lowest BCUT2D eigenvalue weighted by Gasteiger charge is -2.19. The molecule has 0 aromatic carbocycles. The Hall–Kier alpha value is -1.49. The topological polar surface area (TPSA) is 65.4 Å². The van der Waals surface area contributed by atoms with E-state index >= 15 is 0 Å². The molecule has 0 amide bonds. The minimum absolute atomic E-state index is 0.206. The van der Waals surface area contributed by atoms with Crippen molar-refractivity contribution in [3.63, 3.8) is 0 Å².